The van der Waals surface area contributed by atoms with Gasteiger partial charge in [0.15, 0.2) is 0 Å². The number of hydrogen-bond donors (Lipinski definition) is 2. The molecule has 0 aromatic rings. The molecule has 2 N–H and O–H groups in total. The highest BCUT2D eigenvalue weighted by Gasteiger charge is 2.26. The Kier molecular flexibility index (Phi) is 3.64. The van der Waals surface area contributed by atoms with E-state index in [9.17, 15) is 9.59 Å². The summed E-state index contributed by atoms with van der Waals surface area (Å²) in [5.41, 5.74) is 0. The number of ether oxygens (including phenoxy) is 1. The van der Waals surface area contributed by atoms with E-state index in [1.54, 1.807) is 0 Å². The lowest BCUT2D eigenvalue weighted by molar-refractivity contribution is -0.122. The average Bonchev–Trinajstić information content (AvgIpc) is 3.07. The molecule has 90 valence electrons. The molecule has 1 aliphatic heterocycles. The summed E-state index contributed by atoms with van der Waals surface area (Å²) >= 11 is 0. The zero-order valence-electron chi connectivity index (χ0n) is 9.33. The van der Waals surface area contributed by atoms with E-state index < -0.39 is 12.1 Å². The fraction of sp³-hybridized carbons (Fsp3) is 0.818. The highest BCUT2D eigenvalue weighted by molar-refractivity contribution is 5.85. The molecule has 2 rings (SSSR count). The van der Waals surface area contributed by atoms with Gasteiger partial charge in [-0.15, -0.1) is 0 Å². The van der Waals surface area contributed by atoms with Gasteiger partial charge in [0.25, 0.3) is 0 Å². The fourth-order valence-corrected chi connectivity index (χ4v) is 1.74. The Hall–Kier alpha value is -1.26. The first-order valence-corrected chi connectivity index (χ1v) is 5.96. The van der Waals surface area contributed by atoms with Crippen molar-refractivity contribution in [3.8, 4) is 0 Å². The lowest BCUT2D eigenvalue weighted by Gasteiger charge is -2.14. The van der Waals surface area contributed by atoms with Crippen LogP contribution in [0.1, 0.15) is 32.1 Å². The number of rotatable bonds is 3. The van der Waals surface area contributed by atoms with Gasteiger partial charge in [-0.3, -0.25) is 4.79 Å². The van der Waals surface area contributed by atoms with E-state index in [0.29, 0.717) is 25.5 Å². The lowest BCUT2D eigenvalue weighted by Crippen LogP contribution is -2.45. The molecule has 1 unspecified atom stereocenters. The van der Waals surface area contributed by atoms with Gasteiger partial charge in [-0.05, 0) is 38.0 Å². The van der Waals surface area contributed by atoms with Crippen LogP contribution in [0.5, 0.6) is 0 Å². The molecule has 5 heteroatoms. The Morgan fingerprint density at radius 1 is 1.38 bits per heavy atom. The van der Waals surface area contributed by atoms with Crippen molar-refractivity contribution in [3.63, 3.8) is 0 Å². The van der Waals surface area contributed by atoms with Gasteiger partial charge in [0, 0.05) is 6.54 Å². The molecule has 0 radical (unpaired) electrons. The second kappa shape index (κ2) is 5.18. The summed E-state index contributed by atoms with van der Waals surface area (Å²) < 4.78 is 5.03. The lowest BCUT2D eigenvalue weighted by atomic mass is 10.1. The molecule has 0 bridgehead atoms. The quantitative estimate of drug-likeness (QED) is 0.747. The van der Waals surface area contributed by atoms with Crippen LogP contribution < -0.4 is 10.6 Å². The number of nitrogens with one attached hydrogen (secondary N) is 2. The third-order valence-electron chi connectivity index (χ3n) is 2.97. The minimum atomic E-state index is -0.464. The molecule has 16 heavy (non-hydrogen) atoms. The summed E-state index contributed by atoms with van der Waals surface area (Å²) in [6.07, 6.45) is 4.46. The number of carbonyl (C=O) groups is 2. The monoisotopic (exact) mass is 226 g/mol. The topological polar surface area (TPSA) is 67.4 Å². The number of hydrogen-bond acceptors (Lipinski definition) is 3. The van der Waals surface area contributed by atoms with Crippen molar-refractivity contribution in [2.75, 3.05) is 13.2 Å². The number of alkyl carbamates (subject to hydrolysis) is 1. The summed E-state index contributed by atoms with van der Waals surface area (Å²) in [4.78, 5) is 22.9. The van der Waals surface area contributed by atoms with E-state index >= 15 is 0 Å². The average molecular weight is 226 g/mol. The Labute approximate surface area is 94.9 Å². The van der Waals surface area contributed by atoms with Crippen molar-refractivity contribution in [2.45, 2.75) is 38.1 Å². The maximum absolute atomic E-state index is 11.5. The summed E-state index contributed by atoms with van der Waals surface area (Å²) in [6.45, 7) is 1.19. The molecule has 2 aliphatic rings. The minimum Gasteiger partial charge on any atom is -0.449 e. The predicted molar refractivity (Wildman–Crippen MR) is 57.9 cm³/mol. The highest BCUT2D eigenvalue weighted by Crippen LogP contribution is 2.28. The third kappa shape index (κ3) is 3.40. The van der Waals surface area contributed by atoms with Crippen LogP contribution in [0.2, 0.25) is 0 Å². The first-order valence-electron chi connectivity index (χ1n) is 5.96. The zero-order valence-corrected chi connectivity index (χ0v) is 9.33. The zero-order chi connectivity index (χ0) is 11.4. The van der Waals surface area contributed by atoms with E-state index in [1.807, 2.05) is 0 Å². The first kappa shape index (κ1) is 11.2. The van der Waals surface area contributed by atoms with Crippen LogP contribution in [0.4, 0.5) is 4.79 Å². The van der Waals surface area contributed by atoms with E-state index in [1.165, 1.54) is 0 Å². The van der Waals surface area contributed by atoms with Gasteiger partial charge in [0.2, 0.25) is 5.91 Å². The van der Waals surface area contributed by atoms with Crippen LogP contribution >= 0.6 is 0 Å². The van der Waals surface area contributed by atoms with Crippen molar-refractivity contribution in [1.29, 1.82) is 0 Å². The Morgan fingerprint density at radius 2 is 2.19 bits per heavy atom. The van der Waals surface area contributed by atoms with Crippen LogP contribution in [0, 0.1) is 5.92 Å². The third-order valence-corrected chi connectivity index (χ3v) is 2.97. The molecular formula is C11H18N2O3. The SMILES string of the molecule is O=C(NC1CCCCNC1=O)OCC1CC1. The van der Waals surface area contributed by atoms with E-state index in [-0.39, 0.29) is 5.91 Å². The molecule has 0 spiro atoms. The number of amides is 2. The Bertz CT molecular complexity index is 276. The van der Waals surface area contributed by atoms with Crippen LogP contribution in [0.25, 0.3) is 0 Å². The van der Waals surface area contributed by atoms with Gasteiger partial charge in [-0.2, -0.15) is 0 Å². The van der Waals surface area contributed by atoms with Gasteiger partial charge >= 0.3 is 6.09 Å². The van der Waals surface area contributed by atoms with E-state index in [2.05, 4.69) is 10.6 Å². The van der Waals surface area contributed by atoms with E-state index in [4.69, 9.17) is 4.74 Å². The van der Waals surface area contributed by atoms with Gasteiger partial charge in [-0.25, -0.2) is 4.79 Å². The van der Waals surface area contributed by atoms with Crippen molar-refractivity contribution in [3.05, 3.63) is 0 Å². The summed E-state index contributed by atoms with van der Waals surface area (Å²) in [7, 11) is 0. The smallest absolute Gasteiger partial charge is 0.407 e. The van der Waals surface area contributed by atoms with E-state index in [0.717, 1.165) is 25.7 Å². The van der Waals surface area contributed by atoms with Crippen molar-refractivity contribution in [1.82, 2.24) is 10.6 Å². The Morgan fingerprint density at radius 3 is 2.94 bits per heavy atom. The maximum Gasteiger partial charge on any atom is 0.407 e. The summed E-state index contributed by atoms with van der Waals surface area (Å²) in [6, 6.07) is -0.422. The van der Waals surface area contributed by atoms with Gasteiger partial charge in [0.1, 0.15) is 6.04 Å². The Balaban J connectivity index is 1.72. The minimum absolute atomic E-state index is 0.0964. The second-order valence-electron chi connectivity index (χ2n) is 4.53. The molecule has 1 aliphatic carbocycles. The first-order chi connectivity index (χ1) is 7.75. The second-order valence-corrected chi connectivity index (χ2v) is 4.53. The molecule has 2 fully saturated rings. The molecule has 0 aromatic heterocycles. The molecule has 1 saturated heterocycles. The summed E-state index contributed by atoms with van der Waals surface area (Å²) in [5.74, 6) is 0.453. The molecule has 1 atom stereocenters. The fourth-order valence-electron chi connectivity index (χ4n) is 1.74. The summed E-state index contributed by atoms with van der Waals surface area (Å²) in [5, 5.41) is 5.39. The standard InChI is InChI=1S/C11H18N2O3/c14-10-9(3-1-2-6-12-10)13-11(15)16-7-8-4-5-8/h8-9H,1-7H2,(H,12,14)(H,13,15). The van der Waals surface area contributed by atoms with Gasteiger partial charge < -0.3 is 15.4 Å². The normalized spacial score (nSPS) is 25.5. The van der Waals surface area contributed by atoms with Crippen molar-refractivity contribution < 1.29 is 14.3 Å². The predicted octanol–water partition coefficient (Wildman–Crippen LogP) is 0.791. The molecule has 2 amide bonds. The molecule has 1 heterocycles. The number of carbonyl (C=O) groups excluding carboxylic acids is 2. The van der Waals surface area contributed by atoms with Crippen LogP contribution in [-0.2, 0) is 9.53 Å². The maximum atomic E-state index is 11.5. The van der Waals surface area contributed by atoms with Gasteiger partial charge in [-0.1, -0.05) is 0 Å². The van der Waals surface area contributed by atoms with Gasteiger partial charge in [0.05, 0.1) is 6.61 Å². The molecule has 5 nitrogen and oxygen atoms in total. The molecule has 0 aromatic carbocycles. The molecular weight excluding hydrogens is 208 g/mol. The largest absolute Gasteiger partial charge is 0.449 e. The van der Waals surface area contributed by atoms with Crippen LogP contribution in [0.15, 0.2) is 0 Å². The highest BCUT2D eigenvalue weighted by atomic mass is 16.5. The molecule has 1 saturated carbocycles. The van der Waals surface area contributed by atoms with Crippen LogP contribution in [-0.4, -0.2) is 31.2 Å². The van der Waals surface area contributed by atoms with Crippen LogP contribution in [0.3, 0.4) is 0 Å². The van der Waals surface area contributed by atoms with Crippen molar-refractivity contribution in [2.24, 2.45) is 5.92 Å². The van der Waals surface area contributed by atoms with Crippen molar-refractivity contribution >= 4 is 12.0 Å².